The van der Waals surface area contributed by atoms with E-state index in [2.05, 4.69) is 19.9 Å². The highest BCUT2D eigenvalue weighted by atomic mass is 35.5. The largest absolute Gasteiger partial charge is 0.366 e. The zero-order valence-electron chi connectivity index (χ0n) is 19.0. The van der Waals surface area contributed by atoms with Crippen molar-refractivity contribution >= 4 is 39.4 Å². The van der Waals surface area contributed by atoms with E-state index in [-0.39, 0.29) is 11.9 Å². The maximum atomic E-state index is 13.5. The number of nitrogens with one attached hydrogen (secondary N) is 2. The molecule has 0 bridgehead atoms. The minimum atomic E-state index is -2.51. The number of para-hydroxylation sites is 1. The SMILES string of the molecule is O=C(C(Cc1ccc(Cl)cc1)NCC1CCCN1)N1CCN(c2ccccc2N=S(=O)=O)CC1. The van der Waals surface area contributed by atoms with Gasteiger partial charge in [0.15, 0.2) is 0 Å². The van der Waals surface area contributed by atoms with Crippen LogP contribution in [0.1, 0.15) is 18.4 Å². The highest BCUT2D eigenvalue weighted by Gasteiger charge is 2.29. The third-order valence-corrected chi connectivity index (χ3v) is 7.01. The smallest absolute Gasteiger partial charge is 0.316 e. The molecular weight excluding hydrogens is 474 g/mol. The summed E-state index contributed by atoms with van der Waals surface area (Å²) in [6.45, 7) is 4.13. The number of carbonyl (C=O) groups is 1. The van der Waals surface area contributed by atoms with Crippen LogP contribution in [0.4, 0.5) is 11.4 Å². The lowest BCUT2D eigenvalue weighted by Gasteiger charge is -2.38. The molecule has 34 heavy (non-hydrogen) atoms. The zero-order chi connectivity index (χ0) is 23.9. The molecule has 0 aromatic heterocycles. The first kappa shape index (κ1) is 24.7. The average Bonchev–Trinajstić information content (AvgIpc) is 3.36. The van der Waals surface area contributed by atoms with Gasteiger partial charge in [0.2, 0.25) is 5.91 Å². The second kappa shape index (κ2) is 11.8. The van der Waals surface area contributed by atoms with Crippen molar-refractivity contribution < 1.29 is 13.2 Å². The van der Waals surface area contributed by atoms with Crippen LogP contribution >= 0.6 is 11.6 Å². The van der Waals surface area contributed by atoms with Crippen molar-refractivity contribution in [3.8, 4) is 0 Å². The first-order chi connectivity index (χ1) is 16.5. The van der Waals surface area contributed by atoms with E-state index >= 15 is 0 Å². The Hall–Kier alpha value is -2.46. The molecule has 2 aliphatic rings. The Labute approximate surface area is 207 Å². The molecule has 8 nitrogen and oxygen atoms in total. The predicted octanol–water partition coefficient (Wildman–Crippen LogP) is 2.64. The van der Waals surface area contributed by atoms with Gasteiger partial charge in [-0.05, 0) is 55.6 Å². The molecule has 2 aromatic rings. The molecule has 2 N–H and O–H groups in total. The van der Waals surface area contributed by atoms with E-state index in [0.717, 1.165) is 37.2 Å². The van der Waals surface area contributed by atoms with E-state index in [9.17, 15) is 13.2 Å². The van der Waals surface area contributed by atoms with Crippen LogP contribution in [0, 0.1) is 0 Å². The Morgan fingerprint density at radius 1 is 1.12 bits per heavy atom. The lowest BCUT2D eigenvalue weighted by atomic mass is 10.0. The molecule has 2 saturated heterocycles. The molecule has 2 atom stereocenters. The Morgan fingerprint density at radius 2 is 1.85 bits per heavy atom. The molecule has 10 heteroatoms. The van der Waals surface area contributed by atoms with Gasteiger partial charge in [0, 0.05) is 43.8 Å². The summed E-state index contributed by atoms with van der Waals surface area (Å²) in [5.74, 6) is 0.0891. The van der Waals surface area contributed by atoms with E-state index in [4.69, 9.17) is 11.6 Å². The van der Waals surface area contributed by atoms with Crippen LogP contribution < -0.4 is 15.5 Å². The summed E-state index contributed by atoms with van der Waals surface area (Å²) in [5.41, 5.74) is 2.25. The van der Waals surface area contributed by atoms with Crippen LogP contribution in [0.15, 0.2) is 52.9 Å². The molecule has 2 heterocycles. The van der Waals surface area contributed by atoms with E-state index in [0.29, 0.717) is 49.4 Å². The summed E-state index contributed by atoms with van der Waals surface area (Å²) in [5, 5.41) is 7.67. The highest BCUT2D eigenvalue weighted by molar-refractivity contribution is 7.61. The fourth-order valence-electron chi connectivity index (χ4n) is 4.60. The molecular formula is C24H30ClN5O3S. The van der Waals surface area contributed by atoms with Crippen molar-refractivity contribution in [1.29, 1.82) is 0 Å². The summed E-state index contributed by atoms with van der Waals surface area (Å²) in [6, 6.07) is 14.9. The summed E-state index contributed by atoms with van der Waals surface area (Å²) >= 11 is 6.04. The number of anilines is 1. The Kier molecular flexibility index (Phi) is 8.55. The van der Waals surface area contributed by atoms with Crippen molar-refractivity contribution in [1.82, 2.24) is 15.5 Å². The Morgan fingerprint density at radius 3 is 2.53 bits per heavy atom. The molecule has 2 aromatic carbocycles. The summed E-state index contributed by atoms with van der Waals surface area (Å²) in [6.07, 6.45) is 2.88. The van der Waals surface area contributed by atoms with Crippen LogP contribution in [-0.2, 0) is 21.7 Å². The van der Waals surface area contributed by atoms with E-state index in [1.807, 2.05) is 41.3 Å². The first-order valence-electron chi connectivity index (χ1n) is 11.6. The van der Waals surface area contributed by atoms with Gasteiger partial charge in [0.1, 0.15) is 5.69 Å². The maximum absolute atomic E-state index is 13.5. The molecule has 1 amide bonds. The van der Waals surface area contributed by atoms with Gasteiger partial charge in [-0.1, -0.05) is 35.9 Å². The number of hydrogen-bond acceptors (Lipinski definition) is 7. The van der Waals surface area contributed by atoms with Crippen molar-refractivity contribution in [2.24, 2.45) is 4.36 Å². The van der Waals surface area contributed by atoms with Crippen LogP contribution in [0.5, 0.6) is 0 Å². The van der Waals surface area contributed by atoms with Crippen molar-refractivity contribution in [3.05, 3.63) is 59.1 Å². The molecule has 4 rings (SSSR count). The normalized spacial score (nSPS) is 19.1. The molecule has 2 fully saturated rings. The Balaban J connectivity index is 1.42. The third-order valence-electron chi connectivity index (χ3n) is 6.41. The molecule has 0 saturated carbocycles. The predicted molar refractivity (Wildman–Crippen MR) is 134 cm³/mol. The second-order valence-corrected chi connectivity index (χ2v) is 9.75. The van der Waals surface area contributed by atoms with Crippen molar-refractivity contribution in [2.45, 2.75) is 31.3 Å². The molecule has 2 aliphatic heterocycles. The first-order valence-corrected chi connectivity index (χ1v) is 13.1. The van der Waals surface area contributed by atoms with Gasteiger partial charge in [-0.2, -0.15) is 8.42 Å². The number of amides is 1. The number of hydrogen-bond donors (Lipinski definition) is 2. The number of piperazine rings is 1. The third kappa shape index (κ3) is 6.56. The standard InChI is InChI=1S/C24H30ClN5O3S/c25-19-9-7-18(8-10-19)16-22(27-17-20-4-3-11-26-20)24(31)30-14-12-29(13-15-30)23-6-2-1-5-21(23)28-34(32)33/h1-2,5-10,20,22,26-27H,3-4,11-17H2. The van der Waals surface area contributed by atoms with Gasteiger partial charge in [-0.15, -0.1) is 4.36 Å². The maximum Gasteiger partial charge on any atom is 0.316 e. The van der Waals surface area contributed by atoms with Crippen molar-refractivity contribution in [2.75, 3.05) is 44.2 Å². The number of rotatable bonds is 8. The highest BCUT2D eigenvalue weighted by Crippen LogP contribution is 2.29. The average molecular weight is 504 g/mol. The van der Waals surface area contributed by atoms with E-state index < -0.39 is 10.5 Å². The minimum absolute atomic E-state index is 0.0891. The van der Waals surface area contributed by atoms with Gasteiger partial charge < -0.3 is 20.4 Å². The number of nitrogens with zero attached hydrogens (tertiary/aromatic N) is 3. The fraction of sp³-hybridized carbons (Fsp3) is 0.458. The molecule has 2 unspecified atom stereocenters. The lowest BCUT2D eigenvalue weighted by Crippen LogP contribution is -2.55. The fourth-order valence-corrected chi connectivity index (χ4v) is 5.04. The van der Waals surface area contributed by atoms with Crippen LogP contribution in [-0.4, -0.2) is 70.6 Å². The zero-order valence-corrected chi connectivity index (χ0v) is 20.6. The van der Waals surface area contributed by atoms with Gasteiger partial charge in [0.05, 0.1) is 11.7 Å². The number of carbonyl (C=O) groups excluding carboxylic acids is 1. The van der Waals surface area contributed by atoms with E-state index in [1.54, 1.807) is 12.1 Å². The van der Waals surface area contributed by atoms with Gasteiger partial charge in [-0.3, -0.25) is 4.79 Å². The topological polar surface area (TPSA) is 94.1 Å². The summed E-state index contributed by atoms with van der Waals surface area (Å²) < 4.78 is 25.9. The van der Waals surface area contributed by atoms with Gasteiger partial charge in [-0.25, -0.2) is 0 Å². The molecule has 0 radical (unpaired) electrons. The molecule has 0 aliphatic carbocycles. The van der Waals surface area contributed by atoms with Gasteiger partial charge in [0.25, 0.3) is 0 Å². The number of benzene rings is 2. The summed E-state index contributed by atoms with van der Waals surface area (Å²) in [4.78, 5) is 17.5. The molecule has 0 spiro atoms. The lowest BCUT2D eigenvalue weighted by molar-refractivity contribution is -0.133. The van der Waals surface area contributed by atoms with E-state index in [1.165, 1.54) is 0 Å². The number of halogens is 1. The van der Waals surface area contributed by atoms with Crippen molar-refractivity contribution in [3.63, 3.8) is 0 Å². The molecule has 182 valence electrons. The van der Waals surface area contributed by atoms with Crippen LogP contribution in [0.25, 0.3) is 0 Å². The Bertz CT molecular complexity index is 1100. The van der Waals surface area contributed by atoms with Crippen LogP contribution in [0.3, 0.4) is 0 Å². The second-order valence-electron chi connectivity index (χ2n) is 8.69. The minimum Gasteiger partial charge on any atom is -0.366 e. The van der Waals surface area contributed by atoms with Gasteiger partial charge >= 0.3 is 10.5 Å². The van der Waals surface area contributed by atoms with Crippen LogP contribution in [0.2, 0.25) is 5.02 Å². The monoisotopic (exact) mass is 503 g/mol. The summed E-state index contributed by atoms with van der Waals surface area (Å²) in [7, 11) is -2.51. The quantitative estimate of drug-likeness (QED) is 0.575.